The Balaban J connectivity index is 1.61. The fourth-order valence-corrected chi connectivity index (χ4v) is 3.47. The number of nitrogens with zero attached hydrogens (tertiary/aromatic N) is 2. The molecule has 1 N–H and O–H groups in total. The number of ether oxygens (including phenoxy) is 1. The second-order valence-corrected chi connectivity index (χ2v) is 7.36. The number of nitrogens with one attached hydrogen (secondary N) is 1. The maximum Gasteiger partial charge on any atom is 0.258 e. The number of carbonyl (C=O) groups is 1. The second-order valence-electron chi connectivity index (χ2n) is 7.36. The molecule has 3 aromatic carbocycles. The number of methoxy groups -OCH3 is 1. The Bertz CT molecular complexity index is 1280. The number of para-hydroxylation sites is 1. The highest BCUT2D eigenvalue weighted by Gasteiger charge is 2.18. The normalized spacial score (nSPS) is 10.8. The van der Waals surface area contributed by atoms with Crippen LogP contribution in [0.25, 0.3) is 10.9 Å². The van der Waals surface area contributed by atoms with Crippen molar-refractivity contribution in [2.75, 3.05) is 13.7 Å². The van der Waals surface area contributed by atoms with Crippen LogP contribution in [0.4, 0.5) is 4.39 Å². The molecule has 162 valence electrons. The molecule has 1 amide bonds. The van der Waals surface area contributed by atoms with E-state index in [9.17, 15) is 14.0 Å². The highest BCUT2D eigenvalue weighted by atomic mass is 19.1. The molecule has 0 spiro atoms. The van der Waals surface area contributed by atoms with Gasteiger partial charge in [-0.15, -0.1) is 0 Å². The number of rotatable bonds is 7. The van der Waals surface area contributed by atoms with E-state index in [4.69, 9.17) is 4.74 Å². The molecule has 6 nitrogen and oxygen atoms in total. The number of hydrogen-bond acceptors (Lipinski definition) is 4. The van der Waals surface area contributed by atoms with E-state index in [0.29, 0.717) is 35.3 Å². The molecule has 0 atom stereocenters. The van der Waals surface area contributed by atoms with Gasteiger partial charge in [0.25, 0.3) is 11.5 Å². The SMILES string of the molecule is COc1ccc(CCN(Cc2nc3ccccc3c(=O)[nH]2)C(=O)c2ccc(F)cc2)cc1. The largest absolute Gasteiger partial charge is 0.497 e. The summed E-state index contributed by atoms with van der Waals surface area (Å²) in [5, 5.41) is 0.492. The molecule has 0 radical (unpaired) electrons. The minimum Gasteiger partial charge on any atom is -0.497 e. The average Bonchev–Trinajstić information content (AvgIpc) is 2.82. The van der Waals surface area contributed by atoms with Gasteiger partial charge in [0, 0.05) is 12.1 Å². The van der Waals surface area contributed by atoms with Gasteiger partial charge >= 0.3 is 0 Å². The molecule has 0 aliphatic heterocycles. The number of fused-ring (bicyclic) bond motifs is 1. The van der Waals surface area contributed by atoms with E-state index in [1.54, 1.807) is 30.2 Å². The van der Waals surface area contributed by atoms with Gasteiger partial charge in [0.2, 0.25) is 0 Å². The molecule has 0 fully saturated rings. The Morgan fingerprint density at radius 1 is 1.03 bits per heavy atom. The van der Waals surface area contributed by atoms with Crippen LogP contribution in [-0.4, -0.2) is 34.4 Å². The Morgan fingerprint density at radius 2 is 1.75 bits per heavy atom. The van der Waals surface area contributed by atoms with Gasteiger partial charge in [-0.25, -0.2) is 9.37 Å². The summed E-state index contributed by atoms with van der Waals surface area (Å²) in [5.41, 5.74) is 1.71. The molecule has 0 bridgehead atoms. The Labute approximate surface area is 184 Å². The summed E-state index contributed by atoms with van der Waals surface area (Å²) in [7, 11) is 1.61. The standard InChI is InChI=1S/C25H22FN3O3/c1-32-20-12-6-17(7-13-20)14-15-29(25(31)18-8-10-19(26)11-9-18)16-23-27-22-5-3-2-4-21(22)24(30)28-23/h2-13H,14-16H2,1H3,(H,27,28,30). The summed E-state index contributed by atoms with van der Waals surface area (Å²) in [6, 6.07) is 20.1. The number of halogens is 1. The zero-order chi connectivity index (χ0) is 22.5. The third-order valence-electron chi connectivity index (χ3n) is 5.21. The minimum atomic E-state index is -0.410. The first-order valence-corrected chi connectivity index (χ1v) is 10.2. The van der Waals surface area contributed by atoms with Gasteiger partial charge in [-0.3, -0.25) is 9.59 Å². The predicted octanol–water partition coefficient (Wildman–Crippen LogP) is 3.96. The minimum absolute atomic E-state index is 0.117. The second kappa shape index (κ2) is 9.43. The van der Waals surface area contributed by atoms with Crippen LogP contribution in [0.3, 0.4) is 0 Å². The fraction of sp³-hybridized carbons (Fsp3) is 0.160. The number of benzene rings is 3. The first kappa shape index (κ1) is 21.2. The molecule has 1 aromatic heterocycles. The lowest BCUT2D eigenvalue weighted by Gasteiger charge is -2.22. The molecule has 0 saturated carbocycles. The lowest BCUT2D eigenvalue weighted by molar-refractivity contribution is 0.0740. The molecule has 0 aliphatic carbocycles. The van der Waals surface area contributed by atoms with Crippen LogP contribution >= 0.6 is 0 Å². The molecule has 4 aromatic rings. The fourth-order valence-electron chi connectivity index (χ4n) is 3.47. The van der Waals surface area contributed by atoms with Crippen LogP contribution in [0, 0.1) is 5.82 Å². The molecule has 1 heterocycles. The van der Waals surface area contributed by atoms with Crippen LogP contribution in [0.15, 0.2) is 77.6 Å². The summed E-state index contributed by atoms with van der Waals surface area (Å²) >= 11 is 0. The lowest BCUT2D eigenvalue weighted by atomic mass is 10.1. The van der Waals surface area contributed by atoms with Crippen molar-refractivity contribution in [1.29, 1.82) is 0 Å². The Kier molecular flexibility index (Phi) is 6.26. The van der Waals surface area contributed by atoms with Crippen LogP contribution < -0.4 is 10.3 Å². The summed E-state index contributed by atoms with van der Waals surface area (Å²) in [5.74, 6) is 0.464. The van der Waals surface area contributed by atoms with Crippen molar-refractivity contribution in [1.82, 2.24) is 14.9 Å². The maximum absolute atomic E-state index is 13.3. The molecule has 0 aliphatic rings. The van der Waals surface area contributed by atoms with E-state index in [2.05, 4.69) is 9.97 Å². The monoisotopic (exact) mass is 431 g/mol. The number of amides is 1. The zero-order valence-electron chi connectivity index (χ0n) is 17.5. The lowest BCUT2D eigenvalue weighted by Crippen LogP contribution is -2.34. The van der Waals surface area contributed by atoms with E-state index in [1.807, 2.05) is 30.3 Å². The number of carbonyl (C=O) groups excluding carboxylic acids is 1. The summed E-state index contributed by atoms with van der Waals surface area (Å²) in [6.45, 7) is 0.505. The Hall–Kier alpha value is -4.00. The van der Waals surface area contributed by atoms with Gasteiger partial charge in [-0.2, -0.15) is 0 Å². The highest BCUT2D eigenvalue weighted by Crippen LogP contribution is 2.15. The summed E-state index contributed by atoms with van der Waals surface area (Å²) in [6.07, 6.45) is 0.592. The molecular weight excluding hydrogens is 409 g/mol. The smallest absolute Gasteiger partial charge is 0.258 e. The maximum atomic E-state index is 13.3. The number of hydrogen-bond donors (Lipinski definition) is 1. The number of aromatic amines is 1. The summed E-state index contributed by atoms with van der Waals surface area (Å²) < 4.78 is 18.5. The van der Waals surface area contributed by atoms with E-state index in [0.717, 1.165) is 11.3 Å². The van der Waals surface area contributed by atoms with Crippen LogP contribution in [-0.2, 0) is 13.0 Å². The van der Waals surface area contributed by atoms with Gasteiger partial charge in [-0.05, 0) is 60.5 Å². The quantitative estimate of drug-likeness (QED) is 0.481. The van der Waals surface area contributed by atoms with Gasteiger partial charge < -0.3 is 14.6 Å². The highest BCUT2D eigenvalue weighted by molar-refractivity contribution is 5.94. The molecule has 0 saturated heterocycles. The van der Waals surface area contributed by atoms with Gasteiger partial charge in [-0.1, -0.05) is 24.3 Å². The topological polar surface area (TPSA) is 75.3 Å². The molecule has 4 rings (SSSR count). The van der Waals surface area contributed by atoms with E-state index >= 15 is 0 Å². The van der Waals surface area contributed by atoms with E-state index < -0.39 is 5.82 Å². The first-order chi connectivity index (χ1) is 15.5. The first-order valence-electron chi connectivity index (χ1n) is 10.2. The van der Waals surface area contributed by atoms with Crippen LogP contribution in [0.1, 0.15) is 21.7 Å². The van der Waals surface area contributed by atoms with Gasteiger partial charge in [0.05, 0.1) is 24.6 Å². The van der Waals surface area contributed by atoms with Crippen molar-refractivity contribution >= 4 is 16.8 Å². The van der Waals surface area contributed by atoms with E-state index in [1.165, 1.54) is 24.3 Å². The number of H-pyrrole nitrogens is 1. The van der Waals surface area contributed by atoms with Crippen molar-refractivity contribution in [3.8, 4) is 5.75 Å². The van der Waals surface area contributed by atoms with Crippen molar-refractivity contribution in [2.24, 2.45) is 0 Å². The van der Waals surface area contributed by atoms with E-state index in [-0.39, 0.29) is 18.0 Å². The van der Waals surface area contributed by atoms with Crippen LogP contribution in [0.2, 0.25) is 0 Å². The molecule has 32 heavy (non-hydrogen) atoms. The summed E-state index contributed by atoms with van der Waals surface area (Å²) in [4.78, 5) is 34.5. The van der Waals surface area contributed by atoms with Crippen molar-refractivity contribution in [3.63, 3.8) is 0 Å². The molecule has 7 heteroatoms. The molecular formula is C25H22FN3O3. The zero-order valence-corrected chi connectivity index (χ0v) is 17.5. The Morgan fingerprint density at radius 3 is 2.47 bits per heavy atom. The van der Waals surface area contributed by atoms with Crippen molar-refractivity contribution in [3.05, 3.63) is 106 Å². The number of aromatic nitrogens is 2. The van der Waals surface area contributed by atoms with Crippen molar-refractivity contribution in [2.45, 2.75) is 13.0 Å². The van der Waals surface area contributed by atoms with Crippen LogP contribution in [0.5, 0.6) is 5.75 Å². The van der Waals surface area contributed by atoms with Gasteiger partial charge in [0.1, 0.15) is 17.4 Å². The molecule has 0 unspecified atom stereocenters. The third kappa shape index (κ3) is 4.83. The third-order valence-corrected chi connectivity index (χ3v) is 5.21. The average molecular weight is 431 g/mol. The van der Waals surface area contributed by atoms with Crippen molar-refractivity contribution < 1.29 is 13.9 Å². The predicted molar refractivity (Wildman–Crippen MR) is 120 cm³/mol. The van der Waals surface area contributed by atoms with Gasteiger partial charge in [0.15, 0.2) is 0 Å².